The van der Waals surface area contributed by atoms with Gasteiger partial charge in [-0.25, -0.2) is 4.98 Å². The third-order valence-electron chi connectivity index (χ3n) is 1.93. The van der Waals surface area contributed by atoms with Gasteiger partial charge in [0.15, 0.2) is 0 Å². The largest absolute Gasteiger partial charge is 0.441 e. The van der Waals surface area contributed by atoms with Crippen LogP contribution in [-0.2, 0) is 13.0 Å². The van der Waals surface area contributed by atoms with E-state index in [1.807, 2.05) is 7.05 Å². The molecule has 1 rings (SSSR count). The van der Waals surface area contributed by atoms with Gasteiger partial charge in [0.2, 0.25) is 0 Å². The van der Waals surface area contributed by atoms with E-state index < -0.39 is 5.51 Å². The lowest BCUT2D eigenvalue weighted by molar-refractivity contribution is -0.0328. The molecule has 0 saturated heterocycles. The van der Waals surface area contributed by atoms with E-state index in [9.17, 15) is 13.2 Å². The van der Waals surface area contributed by atoms with Gasteiger partial charge < -0.3 is 9.88 Å². The average molecular weight is 253 g/mol. The first-order valence-electron chi connectivity index (χ1n) is 4.87. The number of nitrogens with zero attached hydrogens (tertiary/aromatic N) is 2. The number of likely N-dealkylation sites (N-methyl/N-ethyl adjacent to an activating group) is 1. The molecule has 0 fully saturated rings. The summed E-state index contributed by atoms with van der Waals surface area (Å²) in [4.78, 5) is 4.10. The number of aromatic nitrogens is 2. The van der Waals surface area contributed by atoms with E-state index in [0.29, 0.717) is 6.54 Å². The monoisotopic (exact) mass is 253 g/mol. The second kappa shape index (κ2) is 6.15. The van der Waals surface area contributed by atoms with Crippen molar-refractivity contribution in [2.24, 2.45) is 0 Å². The van der Waals surface area contributed by atoms with E-state index in [1.54, 1.807) is 17.1 Å². The molecular weight excluding hydrogens is 239 g/mol. The average Bonchev–Trinajstić information content (AvgIpc) is 2.61. The zero-order valence-electron chi connectivity index (χ0n) is 8.92. The van der Waals surface area contributed by atoms with Crippen LogP contribution in [0.2, 0.25) is 0 Å². The van der Waals surface area contributed by atoms with Crippen LogP contribution in [-0.4, -0.2) is 34.4 Å². The van der Waals surface area contributed by atoms with E-state index in [0.717, 1.165) is 18.7 Å². The molecule has 7 heteroatoms. The summed E-state index contributed by atoms with van der Waals surface area (Å²) in [5, 5.41) is 2.99. The Bertz CT molecular complexity index is 311. The molecule has 1 heterocycles. The molecule has 1 aromatic rings. The number of thioether (sulfide) groups is 1. The highest BCUT2D eigenvalue weighted by Crippen LogP contribution is 2.29. The maximum atomic E-state index is 11.9. The van der Waals surface area contributed by atoms with Crippen molar-refractivity contribution in [2.45, 2.75) is 18.5 Å². The molecular formula is C9H14F3N3S. The van der Waals surface area contributed by atoms with E-state index in [4.69, 9.17) is 0 Å². The molecule has 3 nitrogen and oxygen atoms in total. The van der Waals surface area contributed by atoms with Crippen LogP contribution in [0.3, 0.4) is 0 Å². The van der Waals surface area contributed by atoms with Crippen molar-refractivity contribution >= 4 is 11.8 Å². The van der Waals surface area contributed by atoms with Crippen LogP contribution < -0.4 is 5.32 Å². The summed E-state index contributed by atoms with van der Waals surface area (Å²) in [6.07, 6.45) is 4.14. The van der Waals surface area contributed by atoms with Gasteiger partial charge in [-0.15, -0.1) is 0 Å². The molecule has 92 valence electrons. The summed E-state index contributed by atoms with van der Waals surface area (Å²) >= 11 is -0.00543. The van der Waals surface area contributed by atoms with E-state index >= 15 is 0 Å². The van der Waals surface area contributed by atoms with E-state index in [1.165, 1.54) is 0 Å². The molecule has 16 heavy (non-hydrogen) atoms. The van der Waals surface area contributed by atoms with Crippen molar-refractivity contribution in [1.29, 1.82) is 0 Å². The summed E-state index contributed by atoms with van der Waals surface area (Å²) in [7, 11) is 1.84. The summed E-state index contributed by atoms with van der Waals surface area (Å²) in [6, 6.07) is 0. The van der Waals surface area contributed by atoms with Crippen molar-refractivity contribution in [3.8, 4) is 0 Å². The van der Waals surface area contributed by atoms with Crippen molar-refractivity contribution in [3.63, 3.8) is 0 Å². The SMILES string of the molecule is CNCCc1cn(CCSC(F)(F)F)cn1. The highest BCUT2D eigenvalue weighted by atomic mass is 32.2. The molecule has 1 N–H and O–H groups in total. The topological polar surface area (TPSA) is 29.9 Å². The molecule has 1 aromatic heterocycles. The minimum atomic E-state index is -4.14. The molecule has 0 aromatic carbocycles. The standard InChI is InChI=1S/C9H14F3N3S/c1-13-3-2-8-6-15(7-14-8)4-5-16-9(10,11)12/h6-7,13H,2-5H2,1H3. The Morgan fingerprint density at radius 1 is 1.50 bits per heavy atom. The Morgan fingerprint density at radius 2 is 2.25 bits per heavy atom. The smallest absolute Gasteiger partial charge is 0.336 e. The Morgan fingerprint density at radius 3 is 2.88 bits per heavy atom. The van der Waals surface area contributed by atoms with Gasteiger partial charge in [-0.2, -0.15) is 13.2 Å². The predicted molar refractivity (Wildman–Crippen MR) is 58.4 cm³/mol. The number of hydrogen-bond donors (Lipinski definition) is 1. The van der Waals surface area contributed by atoms with Crippen molar-refractivity contribution in [1.82, 2.24) is 14.9 Å². The van der Waals surface area contributed by atoms with E-state index in [-0.39, 0.29) is 17.5 Å². The highest BCUT2D eigenvalue weighted by Gasteiger charge is 2.27. The Labute approximate surface area is 96.4 Å². The van der Waals surface area contributed by atoms with Crippen molar-refractivity contribution < 1.29 is 13.2 Å². The second-order valence-corrected chi connectivity index (χ2v) is 4.41. The minimum Gasteiger partial charge on any atom is -0.336 e. The summed E-state index contributed by atoms with van der Waals surface area (Å²) in [6.45, 7) is 1.14. The Balaban J connectivity index is 2.29. The zero-order valence-corrected chi connectivity index (χ0v) is 9.74. The van der Waals surface area contributed by atoms with Gasteiger partial charge in [0.1, 0.15) is 0 Å². The molecule has 0 saturated carbocycles. The number of rotatable bonds is 6. The van der Waals surface area contributed by atoms with Crippen LogP contribution in [0.4, 0.5) is 13.2 Å². The van der Waals surface area contributed by atoms with Crippen LogP contribution in [0, 0.1) is 0 Å². The molecule has 0 atom stereocenters. The number of aryl methyl sites for hydroxylation is 1. The summed E-state index contributed by atoms with van der Waals surface area (Å²) in [5.74, 6) is 0.0192. The Kier molecular flexibility index (Phi) is 5.14. The summed E-state index contributed by atoms with van der Waals surface area (Å²) < 4.78 is 37.3. The molecule has 0 aliphatic carbocycles. The lowest BCUT2D eigenvalue weighted by atomic mass is 10.3. The van der Waals surface area contributed by atoms with Gasteiger partial charge >= 0.3 is 5.51 Å². The van der Waals surface area contributed by atoms with Gasteiger partial charge in [-0.3, -0.25) is 0 Å². The molecule has 0 aliphatic rings. The fourth-order valence-electron chi connectivity index (χ4n) is 1.18. The van der Waals surface area contributed by atoms with Crippen LogP contribution in [0.1, 0.15) is 5.69 Å². The van der Waals surface area contributed by atoms with Crippen LogP contribution >= 0.6 is 11.8 Å². The van der Waals surface area contributed by atoms with E-state index in [2.05, 4.69) is 10.3 Å². The van der Waals surface area contributed by atoms with Crippen molar-refractivity contribution in [3.05, 3.63) is 18.2 Å². The van der Waals surface area contributed by atoms with Crippen LogP contribution in [0.25, 0.3) is 0 Å². The molecule has 0 amide bonds. The maximum Gasteiger partial charge on any atom is 0.441 e. The number of halogens is 3. The quantitative estimate of drug-likeness (QED) is 0.839. The normalized spacial score (nSPS) is 12.0. The molecule has 0 bridgehead atoms. The number of imidazole rings is 1. The number of nitrogens with one attached hydrogen (secondary N) is 1. The second-order valence-electron chi connectivity index (χ2n) is 3.25. The first kappa shape index (κ1) is 13.4. The number of hydrogen-bond acceptors (Lipinski definition) is 3. The van der Waals surface area contributed by atoms with Gasteiger partial charge in [-0.1, -0.05) is 0 Å². The predicted octanol–water partition coefficient (Wildman–Crippen LogP) is 1.90. The Hall–Kier alpha value is -0.690. The zero-order chi connectivity index (χ0) is 12.0. The fourth-order valence-corrected chi connectivity index (χ4v) is 1.71. The first-order chi connectivity index (χ1) is 7.51. The lowest BCUT2D eigenvalue weighted by Crippen LogP contribution is -2.10. The minimum absolute atomic E-state index is 0.00543. The molecule has 0 unspecified atom stereocenters. The van der Waals surface area contributed by atoms with Crippen LogP contribution in [0.5, 0.6) is 0 Å². The fraction of sp³-hybridized carbons (Fsp3) is 0.667. The number of alkyl halides is 3. The van der Waals surface area contributed by atoms with Crippen molar-refractivity contribution in [2.75, 3.05) is 19.3 Å². The van der Waals surface area contributed by atoms with Gasteiger partial charge in [0.05, 0.1) is 12.0 Å². The first-order valence-corrected chi connectivity index (χ1v) is 5.86. The highest BCUT2D eigenvalue weighted by molar-refractivity contribution is 8.00. The van der Waals surface area contributed by atoms with Gasteiger partial charge in [0, 0.05) is 31.5 Å². The lowest BCUT2D eigenvalue weighted by Gasteiger charge is -2.05. The molecule has 0 radical (unpaired) electrons. The van der Waals surface area contributed by atoms with Gasteiger partial charge in [-0.05, 0) is 18.8 Å². The maximum absolute atomic E-state index is 11.9. The third-order valence-corrected chi connectivity index (χ3v) is 2.65. The summed E-state index contributed by atoms with van der Waals surface area (Å²) in [5.41, 5.74) is -3.25. The van der Waals surface area contributed by atoms with Crippen LogP contribution in [0.15, 0.2) is 12.5 Å². The van der Waals surface area contributed by atoms with Gasteiger partial charge in [0.25, 0.3) is 0 Å². The molecule has 0 aliphatic heterocycles. The molecule has 0 spiro atoms. The third kappa shape index (κ3) is 5.41.